The first-order valence-corrected chi connectivity index (χ1v) is 8.71. The van der Waals surface area contributed by atoms with Crippen molar-refractivity contribution in [3.8, 4) is 6.07 Å². The summed E-state index contributed by atoms with van der Waals surface area (Å²) in [5.74, 6) is -0.449. The van der Waals surface area contributed by atoms with Crippen LogP contribution in [0.1, 0.15) is 16.7 Å². The number of rotatable bonds is 6. The van der Waals surface area contributed by atoms with E-state index in [1.165, 1.54) is 6.20 Å². The van der Waals surface area contributed by atoms with Crippen LogP contribution < -0.4 is 10.6 Å². The molecule has 0 aliphatic heterocycles. The van der Waals surface area contributed by atoms with Gasteiger partial charge in [0.05, 0.1) is 6.61 Å². The van der Waals surface area contributed by atoms with Gasteiger partial charge in [0.2, 0.25) is 0 Å². The van der Waals surface area contributed by atoms with E-state index >= 15 is 0 Å². The summed E-state index contributed by atoms with van der Waals surface area (Å²) in [7, 11) is 0. The number of nitriles is 1. The second-order valence-corrected chi connectivity index (χ2v) is 6.68. The third-order valence-electron chi connectivity index (χ3n) is 3.56. The van der Waals surface area contributed by atoms with Gasteiger partial charge in [0, 0.05) is 22.0 Å². The maximum atomic E-state index is 12.2. The summed E-state index contributed by atoms with van der Waals surface area (Å²) in [6.07, 6.45) is 1.41. The number of amides is 1. The van der Waals surface area contributed by atoms with Crippen molar-refractivity contribution in [2.75, 3.05) is 5.32 Å². The SMILES string of the molecule is Cc1cc(I)ccc1NC(=O)/C(C#N)=C\NCc1ccc(CO)cc1. The number of aliphatic hydroxyl groups excluding tert-OH is 1. The molecule has 0 saturated carbocycles. The summed E-state index contributed by atoms with van der Waals surface area (Å²) < 4.78 is 1.08. The molecule has 6 heteroatoms. The van der Waals surface area contributed by atoms with E-state index in [4.69, 9.17) is 5.11 Å². The van der Waals surface area contributed by atoms with Crippen LogP contribution >= 0.6 is 22.6 Å². The number of carbonyl (C=O) groups excluding carboxylic acids is 1. The summed E-state index contributed by atoms with van der Waals surface area (Å²) in [6, 6.07) is 15.0. The lowest BCUT2D eigenvalue weighted by atomic mass is 10.1. The monoisotopic (exact) mass is 447 g/mol. The Kier molecular flexibility index (Phi) is 6.98. The van der Waals surface area contributed by atoms with Crippen molar-refractivity contribution in [1.29, 1.82) is 5.26 Å². The van der Waals surface area contributed by atoms with Gasteiger partial charge in [0.15, 0.2) is 0 Å². The highest BCUT2D eigenvalue weighted by Gasteiger charge is 2.10. The van der Waals surface area contributed by atoms with Gasteiger partial charge in [-0.05, 0) is 64.4 Å². The molecule has 0 fully saturated rings. The number of halogens is 1. The van der Waals surface area contributed by atoms with Crippen molar-refractivity contribution in [3.63, 3.8) is 0 Å². The van der Waals surface area contributed by atoms with Crippen LogP contribution in [0, 0.1) is 21.8 Å². The van der Waals surface area contributed by atoms with Crippen LogP contribution in [-0.4, -0.2) is 11.0 Å². The summed E-state index contributed by atoms with van der Waals surface area (Å²) in [4.78, 5) is 12.2. The number of benzene rings is 2. The summed E-state index contributed by atoms with van der Waals surface area (Å²) >= 11 is 2.20. The summed E-state index contributed by atoms with van der Waals surface area (Å²) in [6.45, 7) is 2.39. The number of carbonyl (C=O) groups is 1. The van der Waals surface area contributed by atoms with Crippen molar-refractivity contribution in [1.82, 2.24) is 5.32 Å². The van der Waals surface area contributed by atoms with Crippen molar-refractivity contribution < 1.29 is 9.90 Å². The van der Waals surface area contributed by atoms with Crippen LogP contribution in [0.25, 0.3) is 0 Å². The topological polar surface area (TPSA) is 85.2 Å². The largest absolute Gasteiger partial charge is 0.392 e. The van der Waals surface area contributed by atoms with Crippen molar-refractivity contribution in [2.24, 2.45) is 0 Å². The number of anilines is 1. The number of nitrogens with zero attached hydrogens (tertiary/aromatic N) is 1. The molecule has 0 aliphatic rings. The molecule has 2 rings (SSSR count). The van der Waals surface area contributed by atoms with E-state index < -0.39 is 5.91 Å². The Labute approximate surface area is 160 Å². The second kappa shape index (κ2) is 9.20. The first kappa shape index (κ1) is 19.0. The number of hydrogen-bond acceptors (Lipinski definition) is 4. The van der Waals surface area contributed by atoms with Crippen LogP contribution in [0.3, 0.4) is 0 Å². The van der Waals surface area contributed by atoms with Gasteiger partial charge in [-0.3, -0.25) is 4.79 Å². The normalized spacial score (nSPS) is 10.9. The lowest BCUT2D eigenvalue weighted by molar-refractivity contribution is -0.112. The fraction of sp³-hybridized carbons (Fsp3) is 0.158. The zero-order valence-corrected chi connectivity index (χ0v) is 15.9. The van der Waals surface area contributed by atoms with E-state index in [1.807, 2.05) is 55.5 Å². The van der Waals surface area contributed by atoms with E-state index in [0.717, 1.165) is 20.3 Å². The minimum atomic E-state index is -0.449. The molecule has 0 spiro atoms. The molecule has 2 aromatic rings. The van der Waals surface area contributed by atoms with Crippen LogP contribution in [0.4, 0.5) is 5.69 Å². The molecule has 0 saturated heterocycles. The average molecular weight is 447 g/mol. The molecule has 0 heterocycles. The molecule has 3 N–H and O–H groups in total. The average Bonchev–Trinajstić information content (AvgIpc) is 2.61. The molecular weight excluding hydrogens is 429 g/mol. The number of aryl methyl sites for hydroxylation is 1. The lowest BCUT2D eigenvalue weighted by Crippen LogP contribution is -2.17. The van der Waals surface area contributed by atoms with Gasteiger partial charge in [0.25, 0.3) is 5.91 Å². The molecule has 0 radical (unpaired) electrons. The molecule has 0 bridgehead atoms. The van der Waals surface area contributed by atoms with Gasteiger partial charge >= 0.3 is 0 Å². The molecule has 5 nitrogen and oxygen atoms in total. The van der Waals surface area contributed by atoms with Gasteiger partial charge in [-0.1, -0.05) is 24.3 Å². The van der Waals surface area contributed by atoms with Crippen LogP contribution in [0.2, 0.25) is 0 Å². The van der Waals surface area contributed by atoms with E-state index in [-0.39, 0.29) is 12.2 Å². The van der Waals surface area contributed by atoms with Gasteiger partial charge in [-0.15, -0.1) is 0 Å². The third kappa shape index (κ3) is 5.59. The number of aliphatic hydroxyl groups is 1. The standard InChI is InChI=1S/C19H18IN3O2/c1-13-8-17(20)6-7-18(13)23-19(25)16(9-21)11-22-10-14-2-4-15(12-24)5-3-14/h2-8,11,22,24H,10,12H2,1H3,(H,23,25)/b16-11-. The molecule has 25 heavy (non-hydrogen) atoms. The van der Waals surface area contributed by atoms with Gasteiger partial charge < -0.3 is 15.7 Å². The van der Waals surface area contributed by atoms with E-state index in [1.54, 1.807) is 0 Å². The van der Waals surface area contributed by atoms with Crippen LogP contribution in [-0.2, 0) is 17.9 Å². The fourth-order valence-corrected chi connectivity index (χ4v) is 2.79. The minimum Gasteiger partial charge on any atom is -0.392 e. The molecule has 0 aromatic heterocycles. The lowest BCUT2D eigenvalue weighted by Gasteiger charge is -2.08. The van der Waals surface area contributed by atoms with Gasteiger partial charge in [0.1, 0.15) is 11.6 Å². The molecule has 0 unspecified atom stereocenters. The van der Waals surface area contributed by atoms with E-state index in [0.29, 0.717) is 12.2 Å². The number of nitrogens with one attached hydrogen (secondary N) is 2. The van der Waals surface area contributed by atoms with Crippen molar-refractivity contribution in [3.05, 3.63) is 74.5 Å². The Hall–Kier alpha value is -2.37. The smallest absolute Gasteiger partial charge is 0.267 e. The summed E-state index contributed by atoms with van der Waals surface area (Å²) in [5.41, 5.74) is 3.45. The maximum Gasteiger partial charge on any atom is 0.267 e. The molecule has 128 valence electrons. The quantitative estimate of drug-likeness (QED) is 0.361. The highest BCUT2D eigenvalue weighted by molar-refractivity contribution is 14.1. The van der Waals surface area contributed by atoms with Crippen molar-refractivity contribution >= 4 is 34.2 Å². The first-order chi connectivity index (χ1) is 12.0. The Morgan fingerprint density at radius 1 is 1.24 bits per heavy atom. The maximum absolute atomic E-state index is 12.2. The van der Waals surface area contributed by atoms with Gasteiger partial charge in [-0.2, -0.15) is 5.26 Å². The van der Waals surface area contributed by atoms with E-state index in [2.05, 4.69) is 33.2 Å². The molecular formula is C19H18IN3O2. The Morgan fingerprint density at radius 2 is 1.92 bits per heavy atom. The third-order valence-corrected chi connectivity index (χ3v) is 4.23. The Bertz CT molecular complexity index is 824. The highest BCUT2D eigenvalue weighted by Crippen LogP contribution is 2.18. The molecule has 0 atom stereocenters. The van der Waals surface area contributed by atoms with Crippen molar-refractivity contribution in [2.45, 2.75) is 20.1 Å². The molecule has 1 amide bonds. The van der Waals surface area contributed by atoms with E-state index in [9.17, 15) is 10.1 Å². The predicted molar refractivity (Wildman–Crippen MR) is 105 cm³/mol. The Balaban J connectivity index is 1.98. The second-order valence-electron chi connectivity index (χ2n) is 5.44. The molecule has 0 aliphatic carbocycles. The van der Waals surface area contributed by atoms with Gasteiger partial charge in [-0.25, -0.2) is 0 Å². The highest BCUT2D eigenvalue weighted by atomic mass is 127. The number of hydrogen-bond donors (Lipinski definition) is 3. The predicted octanol–water partition coefficient (Wildman–Crippen LogP) is 3.23. The zero-order chi connectivity index (χ0) is 18.2. The van der Waals surface area contributed by atoms with Crippen LogP contribution in [0.5, 0.6) is 0 Å². The minimum absolute atomic E-state index is 0.00428. The first-order valence-electron chi connectivity index (χ1n) is 7.63. The van der Waals surface area contributed by atoms with Crippen LogP contribution in [0.15, 0.2) is 54.2 Å². The Morgan fingerprint density at radius 3 is 2.52 bits per heavy atom. The fourth-order valence-electron chi connectivity index (χ4n) is 2.14. The zero-order valence-electron chi connectivity index (χ0n) is 13.7. The molecule has 2 aromatic carbocycles. The summed E-state index contributed by atoms with van der Waals surface area (Å²) in [5, 5.41) is 23.9.